The Morgan fingerprint density at radius 2 is 1.88 bits per heavy atom. The Balaban J connectivity index is 2.84. The number of fused-ring (bicyclic) bond motifs is 1. The molecule has 0 radical (unpaired) electrons. The third-order valence-corrected chi connectivity index (χ3v) is 2.70. The molecule has 0 saturated carbocycles. The summed E-state index contributed by atoms with van der Waals surface area (Å²) in [5, 5.41) is 0.306. The van der Waals surface area contributed by atoms with Crippen molar-refractivity contribution in [3.05, 3.63) is 45.7 Å². The fraction of sp³-hybridized carbons (Fsp3) is 0.250. The second kappa shape index (κ2) is 3.61. The topological polar surface area (TPSA) is 22.0 Å². The maximum atomic E-state index is 12.5. The lowest BCUT2D eigenvalue weighted by molar-refractivity contribution is -0.137. The van der Waals surface area contributed by atoms with Crippen LogP contribution in [-0.2, 0) is 13.2 Å². The molecule has 90 valence electrons. The predicted molar refractivity (Wildman–Crippen MR) is 58.9 cm³/mol. The van der Waals surface area contributed by atoms with Gasteiger partial charge in [-0.1, -0.05) is 0 Å². The molecule has 0 fully saturated rings. The molecule has 0 unspecified atom stereocenters. The summed E-state index contributed by atoms with van der Waals surface area (Å²) in [6, 6.07) is 3.16. The van der Waals surface area contributed by atoms with Crippen molar-refractivity contribution in [3.63, 3.8) is 0 Å². The molecule has 2 rings (SSSR count). The van der Waals surface area contributed by atoms with Crippen molar-refractivity contribution >= 4 is 10.9 Å². The van der Waals surface area contributed by atoms with Gasteiger partial charge in [0.15, 0.2) is 5.43 Å². The molecular formula is C12H10F3NO. The third-order valence-electron chi connectivity index (χ3n) is 2.70. The lowest BCUT2D eigenvalue weighted by Gasteiger charge is -2.10. The molecule has 0 aliphatic carbocycles. The third kappa shape index (κ3) is 1.92. The van der Waals surface area contributed by atoms with E-state index in [1.165, 1.54) is 16.8 Å². The number of halogens is 3. The number of nitrogens with zero attached hydrogens (tertiary/aromatic N) is 1. The van der Waals surface area contributed by atoms with Gasteiger partial charge < -0.3 is 4.57 Å². The molecule has 2 nitrogen and oxygen atoms in total. The summed E-state index contributed by atoms with van der Waals surface area (Å²) in [6.45, 7) is 1.64. The molecule has 17 heavy (non-hydrogen) atoms. The van der Waals surface area contributed by atoms with Crippen molar-refractivity contribution in [2.45, 2.75) is 13.1 Å². The second-order valence-electron chi connectivity index (χ2n) is 3.98. The van der Waals surface area contributed by atoms with Crippen molar-refractivity contribution in [1.29, 1.82) is 0 Å². The average molecular weight is 241 g/mol. The van der Waals surface area contributed by atoms with Crippen LogP contribution in [0.2, 0.25) is 0 Å². The fourth-order valence-electron chi connectivity index (χ4n) is 1.82. The minimum atomic E-state index is -4.39. The van der Waals surface area contributed by atoms with E-state index in [9.17, 15) is 18.0 Å². The summed E-state index contributed by atoms with van der Waals surface area (Å²) in [7, 11) is 1.62. The van der Waals surface area contributed by atoms with Crippen LogP contribution in [-0.4, -0.2) is 4.57 Å². The van der Waals surface area contributed by atoms with E-state index in [0.29, 0.717) is 10.9 Å². The van der Waals surface area contributed by atoms with Crippen LogP contribution in [0.4, 0.5) is 13.2 Å². The van der Waals surface area contributed by atoms with Crippen molar-refractivity contribution in [2.75, 3.05) is 0 Å². The van der Waals surface area contributed by atoms with Gasteiger partial charge in [-0.05, 0) is 25.1 Å². The van der Waals surface area contributed by atoms with Gasteiger partial charge in [0.25, 0.3) is 0 Å². The second-order valence-corrected chi connectivity index (χ2v) is 3.98. The number of pyridine rings is 1. The van der Waals surface area contributed by atoms with E-state index in [1.807, 2.05) is 0 Å². The number of aromatic nitrogens is 1. The molecule has 1 heterocycles. The van der Waals surface area contributed by atoms with E-state index in [0.717, 1.165) is 12.1 Å². The molecule has 0 saturated heterocycles. The summed E-state index contributed by atoms with van der Waals surface area (Å²) >= 11 is 0. The van der Waals surface area contributed by atoms with Gasteiger partial charge in [0, 0.05) is 24.2 Å². The van der Waals surface area contributed by atoms with Gasteiger partial charge in [0.1, 0.15) is 0 Å². The molecule has 0 N–H and O–H groups in total. The van der Waals surface area contributed by atoms with E-state index in [1.54, 1.807) is 14.0 Å². The van der Waals surface area contributed by atoms with Gasteiger partial charge in [-0.2, -0.15) is 13.2 Å². The first kappa shape index (κ1) is 11.7. The van der Waals surface area contributed by atoms with E-state index in [4.69, 9.17) is 0 Å². The van der Waals surface area contributed by atoms with Crippen LogP contribution in [0, 0.1) is 6.92 Å². The first-order valence-corrected chi connectivity index (χ1v) is 4.98. The SMILES string of the molecule is Cc1cn(C)c2cc(C(F)(F)F)ccc2c1=O. The first-order chi connectivity index (χ1) is 7.80. The Labute approximate surface area is 95.3 Å². The van der Waals surface area contributed by atoms with Crippen molar-refractivity contribution in [2.24, 2.45) is 7.05 Å². The highest BCUT2D eigenvalue weighted by Crippen LogP contribution is 2.30. The summed E-state index contributed by atoms with van der Waals surface area (Å²) in [4.78, 5) is 11.7. The van der Waals surface area contributed by atoms with Gasteiger partial charge in [0.2, 0.25) is 0 Å². The van der Waals surface area contributed by atoms with Crippen molar-refractivity contribution < 1.29 is 13.2 Å². The van der Waals surface area contributed by atoms with Gasteiger partial charge >= 0.3 is 6.18 Å². The standard InChI is InChI=1S/C12H10F3NO/c1-7-6-16(2)10-5-8(12(13,14)15)3-4-9(10)11(7)17/h3-6H,1-2H3. The molecule has 1 aromatic heterocycles. The predicted octanol–water partition coefficient (Wildman–Crippen LogP) is 2.87. The number of rotatable bonds is 0. The lowest BCUT2D eigenvalue weighted by atomic mass is 10.1. The van der Waals surface area contributed by atoms with Gasteiger partial charge in [-0.3, -0.25) is 4.79 Å². The summed E-state index contributed by atoms with van der Waals surface area (Å²) in [5.74, 6) is 0. The molecule has 0 amide bonds. The highest BCUT2D eigenvalue weighted by atomic mass is 19.4. The Kier molecular flexibility index (Phi) is 2.49. The fourth-order valence-corrected chi connectivity index (χ4v) is 1.82. The molecule has 0 aliphatic heterocycles. The van der Waals surface area contributed by atoms with Crippen molar-refractivity contribution in [1.82, 2.24) is 4.57 Å². The largest absolute Gasteiger partial charge is 0.416 e. The van der Waals surface area contributed by atoms with Crippen LogP contribution in [0.15, 0.2) is 29.2 Å². The van der Waals surface area contributed by atoms with Crippen LogP contribution >= 0.6 is 0 Å². The zero-order valence-electron chi connectivity index (χ0n) is 9.30. The van der Waals surface area contributed by atoms with Crippen LogP contribution in [0.1, 0.15) is 11.1 Å². The number of alkyl halides is 3. The maximum Gasteiger partial charge on any atom is 0.416 e. The molecule has 2 aromatic rings. The maximum absolute atomic E-state index is 12.5. The van der Waals surface area contributed by atoms with Gasteiger partial charge in [0.05, 0.1) is 11.1 Å². The minimum absolute atomic E-state index is 0.230. The Morgan fingerprint density at radius 3 is 2.47 bits per heavy atom. The molecule has 0 aliphatic rings. The van der Waals surface area contributed by atoms with E-state index >= 15 is 0 Å². The Hall–Kier alpha value is -1.78. The number of hydrogen-bond acceptors (Lipinski definition) is 1. The van der Waals surface area contributed by atoms with Gasteiger partial charge in [-0.15, -0.1) is 0 Å². The zero-order chi connectivity index (χ0) is 12.8. The summed E-state index contributed by atoms with van der Waals surface area (Å²) in [6.07, 6.45) is -2.86. The minimum Gasteiger partial charge on any atom is -0.350 e. The smallest absolute Gasteiger partial charge is 0.350 e. The average Bonchev–Trinajstić information content (AvgIpc) is 2.24. The monoisotopic (exact) mass is 241 g/mol. The molecule has 0 bridgehead atoms. The van der Waals surface area contributed by atoms with E-state index in [-0.39, 0.29) is 10.9 Å². The molecule has 0 spiro atoms. The Morgan fingerprint density at radius 1 is 1.24 bits per heavy atom. The number of benzene rings is 1. The number of hydrogen-bond donors (Lipinski definition) is 0. The van der Waals surface area contributed by atoms with Gasteiger partial charge in [-0.25, -0.2) is 0 Å². The lowest BCUT2D eigenvalue weighted by Crippen LogP contribution is -2.12. The highest BCUT2D eigenvalue weighted by Gasteiger charge is 2.30. The van der Waals surface area contributed by atoms with E-state index < -0.39 is 11.7 Å². The van der Waals surface area contributed by atoms with Crippen molar-refractivity contribution in [3.8, 4) is 0 Å². The first-order valence-electron chi connectivity index (χ1n) is 4.98. The normalized spacial score (nSPS) is 12.1. The molecule has 1 aromatic carbocycles. The zero-order valence-corrected chi connectivity index (χ0v) is 9.30. The Bertz CT molecular complexity index is 640. The van der Waals surface area contributed by atoms with Crippen LogP contribution < -0.4 is 5.43 Å². The quantitative estimate of drug-likeness (QED) is 0.695. The molecular weight excluding hydrogens is 231 g/mol. The molecule has 5 heteroatoms. The summed E-state index contributed by atoms with van der Waals surface area (Å²) in [5.41, 5.74) is -0.175. The van der Waals surface area contributed by atoms with Crippen LogP contribution in [0.3, 0.4) is 0 Å². The van der Waals surface area contributed by atoms with Crippen LogP contribution in [0.25, 0.3) is 10.9 Å². The molecule has 0 atom stereocenters. The van der Waals surface area contributed by atoms with E-state index in [2.05, 4.69) is 0 Å². The number of aryl methyl sites for hydroxylation is 2. The highest BCUT2D eigenvalue weighted by molar-refractivity contribution is 5.80. The van der Waals surface area contributed by atoms with Crippen LogP contribution in [0.5, 0.6) is 0 Å². The summed E-state index contributed by atoms with van der Waals surface area (Å²) < 4.78 is 39.1.